The molecule has 2 heterocycles. The van der Waals surface area contributed by atoms with Crippen molar-refractivity contribution in [2.24, 2.45) is 4.99 Å². The highest BCUT2D eigenvalue weighted by Crippen LogP contribution is 2.09. The van der Waals surface area contributed by atoms with Crippen LogP contribution < -0.4 is 5.32 Å². The van der Waals surface area contributed by atoms with Crippen LogP contribution in [0, 0.1) is 0 Å². The Morgan fingerprint density at radius 2 is 2.12 bits per heavy atom. The van der Waals surface area contributed by atoms with Crippen LogP contribution in [0.2, 0.25) is 0 Å². The number of amides is 1. The molecule has 134 valence electrons. The second kappa shape index (κ2) is 9.64. The van der Waals surface area contributed by atoms with Crippen LogP contribution >= 0.6 is 11.3 Å². The Kier molecular flexibility index (Phi) is 7.52. The van der Waals surface area contributed by atoms with E-state index in [0.29, 0.717) is 0 Å². The topological polar surface area (TPSA) is 51.2 Å². The highest BCUT2D eigenvalue weighted by molar-refractivity contribution is 7.09. The lowest BCUT2D eigenvalue weighted by Crippen LogP contribution is -2.50. The van der Waals surface area contributed by atoms with Crippen LogP contribution in [0.4, 0.5) is 0 Å². The lowest BCUT2D eigenvalue weighted by atomic mass is 10.3. The molecular formula is C17H29N5OS. The molecule has 0 aromatic carbocycles. The molecule has 2 rings (SSSR count). The molecule has 1 amide bonds. The van der Waals surface area contributed by atoms with Crippen LogP contribution in [0.1, 0.15) is 11.8 Å². The number of guanidine groups is 1. The number of nitrogens with one attached hydrogen (secondary N) is 1. The van der Waals surface area contributed by atoms with E-state index in [-0.39, 0.29) is 5.91 Å². The quantitative estimate of drug-likeness (QED) is 0.613. The van der Waals surface area contributed by atoms with Crippen molar-refractivity contribution in [2.45, 2.75) is 13.3 Å². The molecule has 6 nitrogen and oxygen atoms in total. The van der Waals surface area contributed by atoms with Gasteiger partial charge in [-0.1, -0.05) is 6.07 Å². The summed E-state index contributed by atoms with van der Waals surface area (Å²) in [5, 5.41) is 5.56. The fourth-order valence-electron chi connectivity index (χ4n) is 2.84. The number of carbonyl (C=O) groups excluding carboxylic acids is 1. The van der Waals surface area contributed by atoms with Crippen LogP contribution in [-0.4, -0.2) is 86.5 Å². The van der Waals surface area contributed by atoms with Crippen molar-refractivity contribution in [3.8, 4) is 0 Å². The van der Waals surface area contributed by atoms with Gasteiger partial charge in [0.05, 0.1) is 0 Å². The third-order valence-corrected chi connectivity index (χ3v) is 5.31. The lowest BCUT2D eigenvalue weighted by Gasteiger charge is -2.34. The maximum atomic E-state index is 11.3. The largest absolute Gasteiger partial charge is 0.355 e. The van der Waals surface area contributed by atoms with Crippen molar-refractivity contribution in [1.82, 2.24) is 20.0 Å². The van der Waals surface area contributed by atoms with E-state index >= 15 is 0 Å². The summed E-state index contributed by atoms with van der Waals surface area (Å²) in [5.74, 6) is 1.12. The predicted molar refractivity (Wildman–Crippen MR) is 101 cm³/mol. The Balaban J connectivity index is 1.65. The third kappa shape index (κ3) is 5.79. The molecule has 1 saturated heterocycles. The summed E-state index contributed by atoms with van der Waals surface area (Å²) >= 11 is 1.80. The molecule has 1 aromatic heterocycles. The summed E-state index contributed by atoms with van der Waals surface area (Å²) in [7, 11) is 3.91. The molecule has 0 radical (unpaired) electrons. The zero-order chi connectivity index (χ0) is 17.4. The normalized spacial score (nSPS) is 16.3. The minimum Gasteiger partial charge on any atom is -0.355 e. The summed E-state index contributed by atoms with van der Waals surface area (Å²) < 4.78 is 0. The number of likely N-dealkylation sites (N-methyl/N-ethyl adjacent to an activating group) is 1. The minimum atomic E-state index is 0.181. The van der Waals surface area contributed by atoms with Crippen molar-refractivity contribution < 1.29 is 4.79 Å². The fourth-order valence-corrected chi connectivity index (χ4v) is 3.53. The smallest absolute Gasteiger partial charge is 0.219 e. The molecule has 0 atom stereocenters. The molecule has 0 aliphatic carbocycles. The number of piperazine rings is 1. The molecule has 0 unspecified atom stereocenters. The van der Waals surface area contributed by atoms with Crippen LogP contribution in [0.3, 0.4) is 0 Å². The Morgan fingerprint density at radius 1 is 1.38 bits per heavy atom. The predicted octanol–water partition coefficient (Wildman–Crippen LogP) is 0.962. The Bertz CT molecular complexity index is 523. The zero-order valence-electron chi connectivity index (χ0n) is 15.0. The summed E-state index contributed by atoms with van der Waals surface area (Å²) in [5.41, 5.74) is 0. The van der Waals surface area contributed by atoms with Gasteiger partial charge in [0.15, 0.2) is 5.96 Å². The van der Waals surface area contributed by atoms with Crippen LogP contribution in [-0.2, 0) is 11.2 Å². The van der Waals surface area contributed by atoms with Gasteiger partial charge in [-0.25, -0.2) is 0 Å². The summed E-state index contributed by atoms with van der Waals surface area (Å²) in [6.07, 6.45) is 1.04. The molecule has 0 bridgehead atoms. The summed E-state index contributed by atoms with van der Waals surface area (Å²) in [6.45, 7) is 8.03. The maximum absolute atomic E-state index is 11.3. The molecule has 1 aliphatic heterocycles. The van der Waals surface area contributed by atoms with Crippen LogP contribution in [0.5, 0.6) is 0 Å². The zero-order valence-corrected chi connectivity index (χ0v) is 15.8. The number of hydrogen-bond donors (Lipinski definition) is 1. The van der Waals surface area contributed by atoms with E-state index in [2.05, 4.69) is 44.7 Å². The molecule has 1 aromatic rings. The van der Waals surface area contributed by atoms with E-state index in [1.165, 1.54) is 4.88 Å². The number of aliphatic imine (C=N–C) groups is 1. The fraction of sp³-hybridized carbons (Fsp3) is 0.647. The first-order valence-electron chi connectivity index (χ1n) is 8.52. The van der Waals surface area contributed by atoms with Gasteiger partial charge in [-0.15, -0.1) is 11.3 Å². The first-order valence-corrected chi connectivity index (χ1v) is 9.40. The summed E-state index contributed by atoms with van der Waals surface area (Å²) in [6, 6.07) is 4.27. The number of hydrogen-bond acceptors (Lipinski definition) is 4. The highest BCUT2D eigenvalue weighted by atomic mass is 32.1. The second-order valence-electron chi connectivity index (χ2n) is 6.07. The number of thiophene rings is 1. The van der Waals surface area contributed by atoms with E-state index in [9.17, 15) is 4.79 Å². The van der Waals surface area contributed by atoms with Gasteiger partial charge in [0.2, 0.25) is 5.91 Å². The lowest BCUT2D eigenvalue weighted by molar-refractivity contribution is -0.130. The van der Waals surface area contributed by atoms with E-state index in [1.807, 2.05) is 11.9 Å². The molecule has 24 heavy (non-hydrogen) atoms. The van der Waals surface area contributed by atoms with E-state index < -0.39 is 0 Å². The van der Waals surface area contributed by atoms with E-state index in [1.54, 1.807) is 18.3 Å². The molecule has 1 fully saturated rings. The number of rotatable bonds is 6. The van der Waals surface area contributed by atoms with Gasteiger partial charge < -0.3 is 15.1 Å². The first-order chi connectivity index (χ1) is 11.6. The van der Waals surface area contributed by atoms with Gasteiger partial charge in [-0.2, -0.15) is 0 Å². The standard InChI is InChI=1S/C17H29N5OS/c1-15(23)22-12-10-21(11-13-22)9-7-19-17(18-2)20(3)8-6-16-5-4-14-24-16/h4-5,14H,6-13H2,1-3H3,(H,18,19). The van der Waals surface area contributed by atoms with Gasteiger partial charge >= 0.3 is 0 Å². The molecule has 0 saturated carbocycles. The van der Waals surface area contributed by atoms with Gasteiger partial charge in [0.25, 0.3) is 0 Å². The highest BCUT2D eigenvalue weighted by Gasteiger charge is 2.18. The third-order valence-electron chi connectivity index (χ3n) is 4.38. The Morgan fingerprint density at radius 3 is 2.71 bits per heavy atom. The Labute approximate surface area is 149 Å². The first kappa shape index (κ1) is 18.7. The minimum absolute atomic E-state index is 0.181. The van der Waals surface area contributed by atoms with E-state index in [4.69, 9.17) is 0 Å². The summed E-state index contributed by atoms with van der Waals surface area (Å²) in [4.78, 5) is 23.6. The molecule has 1 aliphatic rings. The monoisotopic (exact) mass is 351 g/mol. The maximum Gasteiger partial charge on any atom is 0.219 e. The molecular weight excluding hydrogens is 322 g/mol. The van der Waals surface area contributed by atoms with Crippen LogP contribution in [0.15, 0.2) is 22.5 Å². The molecule has 0 spiro atoms. The average molecular weight is 352 g/mol. The SMILES string of the molecule is CN=C(NCCN1CCN(C(C)=O)CC1)N(C)CCc1cccs1. The molecule has 7 heteroatoms. The van der Waals surface area contributed by atoms with E-state index in [0.717, 1.165) is 58.2 Å². The number of carbonyl (C=O) groups is 1. The van der Waals surface area contributed by atoms with Crippen molar-refractivity contribution in [3.63, 3.8) is 0 Å². The van der Waals surface area contributed by atoms with Crippen molar-refractivity contribution in [1.29, 1.82) is 0 Å². The van der Waals surface area contributed by atoms with Gasteiger partial charge in [0.1, 0.15) is 0 Å². The van der Waals surface area contributed by atoms with Crippen molar-refractivity contribution >= 4 is 23.2 Å². The molecule has 1 N–H and O–H groups in total. The van der Waals surface area contributed by atoms with Crippen molar-refractivity contribution in [2.75, 3.05) is 59.9 Å². The number of nitrogens with zero attached hydrogens (tertiary/aromatic N) is 4. The van der Waals surface area contributed by atoms with Gasteiger partial charge in [0, 0.05) is 71.7 Å². The average Bonchev–Trinajstić information content (AvgIpc) is 3.10. The van der Waals surface area contributed by atoms with Gasteiger partial charge in [-0.3, -0.25) is 14.7 Å². The van der Waals surface area contributed by atoms with Crippen LogP contribution in [0.25, 0.3) is 0 Å². The van der Waals surface area contributed by atoms with Crippen molar-refractivity contribution in [3.05, 3.63) is 22.4 Å². The Hall–Kier alpha value is -1.60. The van der Waals surface area contributed by atoms with Gasteiger partial charge in [-0.05, 0) is 17.9 Å². The second-order valence-corrected chi connectivity index (χ2v) is 7.10.